The molecule has 0 saturated heterocycles. The number of benzene rings is 1. The predicted octanol–water partition coefficient (Wildman–Crippen LogP) is 2.25. The van der Waals surface area contributed by atoms with Crippen molar-refractivity contribution in [1.29, 1.82) is 0 Å². The second-order valence-electron chi connectivity index (χ2n) is 5.48. The molecule has 1 rings (SSSR count). The Morgan fingerprint density at radius 3 is 2.37 bits per heavy atom. The van der Waals surface area contributed by atoms with Crippen molar-refractivity contribution in [2.45, 2.75) is 45.7 Å². The summed E-state index contributed by atoms with van der Waals surface area (Å²) in [6.07, 6.45) is 1.34. The van der Waals surface area contributed by atoms with E-state index in [1.165, 1.54) is 12.1 Å². The molecule has 0 aliphatic heterocycles. The Hall–Kier alpha value is -1.42. The fourth-order valence-corrected chi connectivity index (χ4v) is 1.99. The van der Waals surface area contributed by atoms with Crippen molar-refractivity contribution in [3.8, 4) is 0 Å². The zero-order valence-corrected chi connectivity index (χ0v) is 11.8. The van der Waals surface area contributed by atoms with E-state index in [0.29, 0.717) is 18.8 Å². The topological polar surface area (TPSA) is 55.1 Å². The van der Waals surface area contributed by atoms with Crippen LogP contribution in [0.15, 0.2) is 24.3 Å². The number of nitrogens with two attached hydrogens (primary N) is 1. The van der Waals surface area contributed by atoms with E-state index >= 15 is 0 Å². The van der Waals surface area contributed by atoms with Crippen molar-refractivity contribution in [2.75, 3.05) is 0 Å². The maximum atomic E-state index is 12.8. The smallest absolute Gasteiger partial charge is 0.237 e. The molecule has 0 aliphatic carbocycles. The Kier molecular flexibility index (Phi) is 5.96. The highest BCUT2D eigenvalue weighted by atomic mass is 19.1. The molecule has 0 radical (unpaired) electrons. The van der Waals surface area contributed by atoms with Gasteiger partial charge in [-0.05, 0) is 43.4 Å². The van der Waals surface area contributed by atoms with Crippen molar-refractivity contribution in [1.82, 2.24) is 5.32 Å². The molecular formula is C15H23FN2O. The molecule has 3 N–H and O–H groups in total. The fraction of sp³-hybridized carbons (Fsp3) is 0.533. The van der Waals surface area contributed by atoms with Crippen molar-refractivity contribution in [3.05, 3.63) is 35.6 Å². The molecule has 3 nitrogen and oxygen atoms in total. The van der Waals surface area contributed by atoms with Gasteiger partial charge in [-0.15, -0.1) is 0 Å². The minimum absolute atomic E-state index is 0.0174. The van der Waals surface area contributed by atoms with Gasteiger partial charge in [0.2, 0.25) is 5.91 Å². The van der Waals surface area contributed by atoms with Crippen LogP contribution in [0.2, 0.25) is 0 Å². The summed E-state index contributed by atoms with van der Waals surface area (Å²) in [4.78, 5) is 11.8. The summed E-state index contributed by atoms with van der Waals surface area (Å²) in [7, 11) is 0. The summed E-state index contributed by atoms with van der Waals surface area (Å²) in [5, 5.41) is 2.89. The molecule has 0 spiro atoms. The van der Waals surface area contributed by atoms with Gasteiger partial charge in [0.05, 0.1) is 6.04 Å². The largest absolute Gasteiger partial charge is 0.352 e. The van der Waals surface area contributed by atoms with Crippen LogP contribution in [0.25, 0.3) is 0 Å². The van der Waals surface area contributed by atoms with Crippen LogP contribution in [0, 0.1) is 11.7 Å². The Balaban J connectivity index is 2.44. The van der Waals surface area contributed by atoms with Gasteiger partial charge in [0.1, 0.15) is 5.82 Å². The highest BCUT2D eigenvalue weighted by molar-refractivity contribution is 5.81. The van der Waals surface area contributed by atoms with Crippen LogP contribution in [-0.4, -0.2) is 18.0 Å². The van der Waals surface area contributed by atoms with Gasteiger partial charge >= 0.3 is 0 Å². The third-order valence-corrected chi connectivity index (χ3v) is 2.91. The molecule has 0 aliphatic rings. The molecule has 0 aromatic heterocycles. The number of hydrogen-bond acceptors (Lipinski definition) is 2. The Morgan fingerprint density at radius 2 is 1.84 bits per heavy atom. The van der Waals surface area contributed by atoms with E-state index in [9.17, 15) is 9.18 Å². The van der Waals surface area contributed by atoms with E-state index in [1.807, 2.05) is 20.8 Å². The zero-order chi connectivity index (χ0) is 14.4. The Bertz CT molecular complexity index is 403. The standard InChI is InChI=1S/C15H23FN2O/c1-10(2)8-14(17)15(19)18-11(3)9-12-4-6-13(16)7-5-12/h4-7,10-11,14H,8-9,17H2,1-3H3,(H,18,19)/t11?,14-/m0/s1. The third-order valence-electron chi connectivity index (χ3n) is 2.91. The lowest BCUT2D eigenvalue weighted by molar-refractivity contribution is -0.123. The first-order chi connectivity index (χ1) is 8.88. The number of rotatable bonds is 6. The molecular weight excluding hydrogens is 243 g/mol. The highest BCUT2D eigenvalue weighted by Crippen LogP contribution is 2.07. The lowest BCUT2D eigenvalue weighted by atomic mass is 10.0. The molecule has 1 unspecified atom stereocenters. The summed E-state index contributed by atoms with van der Waals surface area (Å²) < 4.78 is 12.8. The maximum absolute atomic E-state index is 12.8. The van der Waals surface area contributed by atoms with E-state index in [1.54, 1.807) is 12.1 Å². The maximum Gasteiger partial charge on any atom is 0.237 e. The molecule has 2 atom stereocenters. The van der Waals surface area contributed by atoms with Gasteiger partial charge in [-0.2, -0.15) is 0 Å². The monoisotopic (exact) mass is 266 g/mol. The normalized spacial score (nSPS) is 14.2. The second-order valence-corrected chi connectivity index (χ2v) is 5.48. The molecule has 4 heteroatoms. The van der Waals surface area contributed by atoms with Crippen LogP contribution in [0.5, 0.6) is 0 Å². The fourth-order valence-electron chi connectivity index (χ4n) is 1.99. The predicted molar refractivity (Wildman–Crippen MR) is 75.1 cm³/mol. The Labute approximate surface area is 114 Å². The number of hydrogen-bond donors (Lipinski definition) is 2. The summed E-state index contributed by atoms with van der Waals surface area (Å²) in [5.74, 6) is 0.0239. The lowest BCUT2D eigenvalue weighted by Gasteiger charge is -2.18. The molecule has 106 valence electrons. The molecule has 0 fully saturated rings. The summed E-state index contributed by atoms with van der Waals surface area (Å²) >= 11 is 0. The number of nitrogens with one attached hydrogen (secondary N) is 1. The number of carbonyl (C=O) groups is 1. The van der Waals surface area contributed by atoms with Crippen LogP contribution in [-0.2, 0) is 11.2 Å². The van der Waals surface area contributed by atoms with E-state index in [0.717, 1.165) is 5.56 Å². The average molecular weight is 266 g/mol. The molecule has 19 heavy (non-hydrogen) atoms. The first-order valence-electron chi connectivity index (χ1n) is 6.69. The van der Waals surface area contributed by atoms with Crippen LogP contribution < -0.4 is 11.1 Å². The minimum Gasteiger partial charge on any atom is -0.352 e. The number of halogens is 1. The van der Waals surface area contributed by atoms with Crippen LogP contribution in [0.1, 0.15) is 32.8 Å². The van der Waals surface area contributed by atoms with Gasteiger partial charge < -0.3 is 11.1 Å². The van der Waals surface area contributed by atoms with Crippen molar-refractivity contribution < 1.29 is 9.18 Å². The van der Waals surface area contributed by atoms with Crippen molar-refractivity contribution in [3.63, 3.8) is 0 Å². The third kappa shape index (κ3) is 5.83. The molecule has 1 amide bonds. The molecule has 0 saturated carbocycles. The van der Waals surface area contributed by atoms with E-state index in [-0.39, 0.29) is 17.8 Å². The van der Waals surface area contributed by atoms with Gasteiger partial charge in [0, 0.05) is 6.04 Å². The molecule has 0 bridgehead atoms. The quantitative estimate of drug-likeness (QED) is 0.829. The first kappa shape index (κ1) is 15.6. The van der Waals surface area contributed by atoms with Gasteiger partial charge in [0.25, 0.3) is 0 Å². The summed E-state index contributed by atoms with van der Waals surface area (Å²) in [6, 6.07) is 5.83. The number of carbonyl (C=O) groups excluding carboxylic acids is 1. The highest BCUT2D eigenvalue weighted by Gasteiger charge is 2.16. The van der Waals surface area contributed by atoms with Crippen molar-refractivity contribution in [2.24, 2.45) is 11.7 Å². The summed E-state index contributed by atoms with van der Waals surface area (Å²) in [6.45, 7) is 5.99. The van der Waals surface area contributed by atoms with Gasteiger partial charge in [-0.3, -0.25) is 4.79 Å². The van der Waals surface area contributed by atoms with Gasteiger partial charge in [-0.1, -0.05) is 26.0 Å². The summed E-state index contributed by atoms with van der Waals surface area (Å²) in [5.41, 5.74) is 6.81. The van der Waals surface area contributed by atoms with E-state index in [4.69, 9.17) is 5.73 Å². The van der Waals surface area contributed by atoms with Crippen LogP contribution in [0.3, 0.4) is 0 Å². The molecule has 1 aromatic rings. The SMILES string of the molecule is CC(C)C[C@H](N)C(=O)NC(C)Cc1ccc(F)cc1. The zero-order valence-electron chi connectivity index (χ0n) is 11.8. The number of amides is 1. The van der Waals surface area contributed by atoms with E-state index in [2.05, 4.69) is 5.32 Å². The van der Waals surface area contributed by atoms with Crippen LogP contribution >= 0.6 is 0 Å². The van der Waals surface area contributed by atoms with Gasteiger partial charge in [-0.25, -0.2) is 4.39 Å². The molecule has 0 heterocycles. The molecule has 1 aromatic carbocycles. The average Bonchev–Trinajstić information content (AvgIpc) is 2.31. The van der Waals surface area contributed by atoms with E-state index < -0.39 is 6.04 Å². The lowest BCUT2D eigenvalue weighted by Crippen LogP contribution is -2.45. The van der Waals surface area contributed by atoms with Crippen molar-refractivity contribution >= 4 is 5.91 Å². The van der Waals surface area contributed by atoms with Crippen LogP contribution in [0.4, 0.5) is 4.39 Å². The second kappa shape index (κ2) is 7.24. The first-order valence-corrected chi connectivity index (χ1v) is 6.69. The van der Waals surface area contributed by atoms with Gasteiger partial charge in [0.15, 0.2) is 0 Å². The Morgan fingerprint density at radius 1 is 1.26 bits per heavy atom. The minimum atomic E-state index is -0.462.